The van der Waals surface area contributed by atoms with Crippen molar-refractivity contribution in [2.75, 3.05) is 7.11 Å². The minimum atomic E-state index is -0.712. The third-order valence-electron chi connectivity index (χ3n) is 3.11. The Morgan fingerprint density at radius 3 is 2.68 bits per heavy atom. The van der Waals surface area contributed by atoms with Crippen LogP contribution in [0.3, 0.4) is 0 Å². The maximum atomic E-state index is 12.3. The molecule has 2 rings (SSSR count). The lowest BCUT2D eigenvalue weighted by Crippen LogP contribution is -2.15. The number of carbonyl (C=O) groups excluding carboxylic acids is 1. The molecule has 0 aliphatic heterocycles. The lowest BCUT2D eigenvalue weighted by atomic mass is 10.1. The van der Waals surface area contributed by atoms with Crippen LogP contribution in [0.15, 0.2) is 44.0 Å². The summed E-state index contributed by atoms with van der Waals surface area (Å²) in [5, 5.41) is 0. The number of allylic oxidation sites excluding steroid dienone is 1. The molecule has 0 amide bonds. The van der Waals surface area contributed by atoms with Crippen LogP contribution in [0.5, 0.6) is 5.75 Å². The number of hydrogen-bond acceptors (Lipinski definition) is 4. The largest absolute Gasteiger partial charge is 0.494 e. The number of halogens is 1. The molecule has 4 nitrogen and oxygen atoms in total. The molecule has 1 aromatic carbocycles. The first-order chi connectivity index (χ1) is 10.4. The number of ether oxygens (including phenoxy) is 1. The summed E-state index contributed by atoms with van der Waals surface area (Å²) in [7, 11) is 1.40. The molecule has 0 unspecified atom stereocenters. The number of ketones is 1. The summed E-state index contributed by atoms with van der Waals surface area (Å²) in [5.74, 6) is 0.0847. The fourth-order valence-electron chi connectivity index (χ4n) is 2.03. The summed E-state index contributed by atoms with van der Waals surface area (Å²) in [6, 6.07) is 7.68. The van der Waals surface area contributed by atoms with Crippen LogP contribution in [-0.2, 0) is 0 Å². The molecule has 0 fully saturated rings. The molecule has 0 aliphatic carbocycles. The van der Waals surface area contributed by atoms with Crippen LogP contribution in [0.1, 0.15) is 27.2 Å². The summed E-state index contributed by atoms with van der Waals surface area (Å²) in [4.78, 5) is 24.3. The molecule has 1 heterocycles. The normalized spacial score (nSPS) is 10.9. The molecule has 0 spiro atoms. The number of aryl methyl sites for hydroxylation is 2. The van der Waals surface area contributed by atoms with E-state index >= 15 is 0 Å². The van der Waals surface area contributed by atoms with E-state index in [0.717, 1.165) is 11.1 Å². The van der Waals surface area contributed by atoms with Crippen molar-refractivity contribution < 1.29 is 13.9 Å². The number of methoxy groups -OCH3 is 1. The van der Waals surface area contributed by atoms with Crippen molar-refractivity contribution in [1.29, 1.82) is 0 Å². The van der Waals surface area contributed by atoms with Gasteiger partial charge in [0.25, 0.3) is 0 Å². The quantitative estimate of drug-likeness (QED) is 0.610. The van der Waals surface area contributed by atoms with Crippen LogP contribution >= 0.6 is 15.9 Å². The van der Waals surface area contributed by atoms with Gasteiger partial charge in [0.1, 0.15) is 5.76 Å². The highest BCUT2D eigenvalue weighted by molar-refractivity contribution is 9.10. The Labute approximate surface area is 136 Å². The summed E-state index contributed by atoms with van der Waals surface area (Å²) in [6.45, 7) is 3.58. The molecule has 22 heavy (non-hydrogen) atoms. The van der Waals surface area contributed by atoms with E-state index in [1.165, 1.54) is 13.2 Å². The van der Waals surface area contributed by atoms with E-state index in [2.05, 4.69) is 15.9 Å². The van der Waals surface area contributed by atoms with Crippen LogP contribution in [0.25, 0.3) is 6.08 Å². The molecule has 5 heteroatoms. The Balaban J connectivity index is 2.42. The van der Waals surface area contributed by atoms with Crippen molar-refractivity contribution in [1.82, 2.24) is 0 Å². The minimum absolute atomic E-state index is 0.121. The van der Waals surface area contributed by atoms with Gasteiger partial charge in [-0.15, -0.1) is 0 Å². The summed E-state index contributed by atoms with van der Waals surface area (Å²) >= 11 is 3.27. The van der Waals surface area contributed by atoms with Gasteiger partial charge in [-0.2, -0.15) is 0 Å². The predicted octanol–water partition coefficient (Wildman–Crippen LogP) is 3.92. The monoisotopic (exact) mass is 362 g/mol. The Morgan fingerprint density at radius 2 is 2.05 bits per heavy atom. The van der Waals surface area contributed by atoms with Gasteiger partial charge in [0.2, 0.25) is 0 Å². The van der Waals surface area contributed by atoms with Crippen molar-refractivity contribution in [2.24, 2.45) is 0 Å². The van der Waals surface area contributed by atoms with Gasteiger partial charge >= 0.3 is 5.63 Å². The molecule has 0 saturated carbocycles. The van der Waals surface area contributed by atoms with Gasteiger partial charge in [0.15, 0.2) is 17.1 Å². The van der Waals surface area contributed by atoms with Gasteiger partial charge in [-0.25, -0.2) is 4.79 Å². The van der Waals surface area contributed by atoms with Crippen molar-refractivity contribution in [3.05, 3.63) is 67.7 Å². The van der Waals surface area contributed by atoms with E-state index in [4.69, 9.17) is 9.15 Å². The van der Waals surface area contributed by atoms with Crippen molar-refractivity contribution in [3.63, 3.8) is 0 Å². The van der Waals surface area contributed by atoms with E-state index in [1.54, 1.807) is 13.0 Å². The van der Waals surface area contributed by atoms with Crippen LogP contribution in [-0.4, -0.2) is 12.9 Å². The number of benzene rings is 1. The second kappa shape index (κ2) is 6.75. The van der Waals surface area contributed by atoms with Crippen LogP contribution < -0.4 is 10.4 Å². The maximum Gasteiger partial charge on any atom is 0.351 e. The Morgan fingerprint density at radius 1 is 1.32 bits per heavy atom. The van der Waals surface area contributed by atoms with Gasteiger partial charge in [-0.3, -0.25) is 4.79 Å². The topological polar surface area (TPSA) is 56.5 Å². The van der Waals surface area contributed by atoms with Gasteiger partial charge in [0, 0.05) is 0 Å². The van der Waals surface area contributed by atoms with Crippen molar-refractivity contribution >= 4 is 27.8 Å². The average molecular weight is 363 g/mol. The first kappa shape index (κ1) is 16.2. The van der Waals surface area contributed by atoms with Gasteiger partial charge in [0.05, 0.1) is 11.6 Å². The standard InChI is InChI=1S/C17H15BrO4/c1-10-5-4-6-12(9-10)7-8-13(19)14-16(21-3)15(18)11(2)22-17(14)20/h4-9H,1-3H3/b8-7+. The molecule has 2 aromatic rings. The summed E-state index contributed by atoms with van der Waals surface area (Å²) in [6.07, 6.45) is 2.99. The molecule has 0 bridgehead atoms. The zero-order chi connectivity index (χ0) is 16.3. The van der Waals surface area contributed by atoms with Crippen LogP contribution in [0, 0.1) is 13.8 Å². The fraction of sp³-hybridized carbons (Fsp3) is 0.176. The second-order valence-corrected chi connectivity index (χ2v) is 5.57. The maximum absolute atomic E-state index is 12.3. The van der Waals surface area contributed by atoms with E-state index in [0.29, 0.717) is 10.2 Å². The summed E-state index contributed by atoms with van der Waals surface area (Å²) < 4.78 is 10.7. The molecule has 0 radical (unpaired) electrons. The zero-order valence-electron chi connectivity index (χ0n) is 12.5. The lowest BCUT2D eigenvalue weighted by molar-refractivity contribution is 0.104. The lowest BCUT2D eigenvalue weighted by Gasteiger charge is -2.08. The Hall–Kier alpha value is -2.14. The minimum Gasteiger partial charge on any atom is -0.494 e. The first-order valence-corrected chi connectivity index (χ1v) is 7.39. The predicted molar refractivity (Wildman–Crippen MR) is 88.5 cm³/mol. The number of carbonyl (C=O) groups is 1. The molecule has 0 N–H and O–H groups in total. The van der Waals surface area contributed by atoms with Crippen molar-refractivity contribution in [2.45, 2.75) is 13.8 Å². The number of rotatable bonds is 4. The molecule has 1 aromatic heterocycles. The Bertz CT molecular complexity index is 803. The highest BCUT2D eigenvalue weighted by Gasteiger charge is 2.21. The van der Waals surface area contributed by atoms with Crippen LogP contribution in [0.2, 0.25) is 0 Å². The molecule has 0 saturated heterocycles. The fourth-order valence-corrected chi connectivity index (χ4v) is 2.47. The first-order valence-electron chi connectivity index (χ1n) is 6.60. The Kier molecular flexibility index (Phi) is 4.98. The van der Waals surface area contributed by atoms with E-state index in [-0.39, 0.29) is 11.3 Å². The summed E-state index contributed by atoms with van der Waals surface area (Å²) in [5.41, 5.74) is 1.13. The van der Waals surface area contributed by atoms with E-state index in [1.807, 2.05) is 31.2 Å². The molecule has 0 aliphatic rings. The van der Waals surface area contributed by atoms with Gasteiger partial charge < -0.3 is 9.15 Å². The van der Waals surface area contributed by atoms with Crippen molar-refractivity contribution in [3.8, 4) is 5.75 Å². The zero-order valence-corrected chi connectivity index (χ0v) is 14.1. The smallest absolute Gasteiger partial charge is 0.351 e. The highest BCUT2D eigenvalue weighted by atomic mass is 79.9. The van der Waals surface area contributed by atoms with E-state index < -0.39 is 11.4 Å². The molecular weight excluding hydrogens is 348 g/mol. The number of hydrogen-bond donors (Lipinski definition) is 0. The van der Waals surface area contributed by atoms with Gasteiger partial charge in [-0.1, -0.05) is 35.9 Å². The average Bonchev–Trinajstić information content (AvgIpc) is 2.48. The highest BCUT2D eigenvalue weighted by Crippen LogP contribution is 2.30. The van der Waals surface area contributed by atoms with Crippen LogP contribution in [0.4, 0.5) is 0 Å². The van der Waals surface area contributed by atoms with Gasteiger partial charge in [-0.05, 0) is 41.4 Å². The molecule has 0 atom stereocenters. The third-order valence-corrected chi connectivity index (χ3v) is 4.02. The molecule has 114 valence electrons. The SMILES string of the molecule is COc1c(Br)c(C)oc(=O)c1C(=O)/C=C/c1cccc(C)c1. The third kappa shape index (κ3) is 3.36. The second-order valence-electron chi connectivity index (χ2n) is 4.78. The van der Waals surface area contributed by atoms with E-state index in [9.17, 15) is 9.59 Å². The molecular formula is C17H15BrO4.